The number of aliphatic carboxylic acids is 1. The van der Waals surface area contributed by atoms with Crippen molar-refractivity contribution < 1.29 is 47.8 Å². The third-order valence-corrected chi connectivity index (χ3v) is 10.1. The predicted octanol–water partition coefficient (Wildman–Crippen LogP) is 11.9. The number of ether oxygens (including phenoxy) is 1. The largest absolute Gasteiger partial charge is 0.480 e. The van der Waals surface area contributed by atoms with Gasteiger partial charge < -0.3 is 25.2 Å². The van der Waals surface area contributed by atoms with Crippen LogP contribution < -0.4 is 5.32 Å². The second-order valence-corrected chi connectivity index (χ2v) is 16.3. The Balaban J connectivity index is 3.94. The predicted molar refractivity (Wildman–Crippen MR) is 244 cm³/mol. The minimum atomic E-state index is -4.77. The van der Waals surface area contributed by atoms with Crippen molar-refractivity contribution in [1.29, 1.82) is 0 Å². The van der Waals surface area contributed by atoms with Crippen molar-refractivity contribution in [2.75, 3.05) is 19.8 Å². The number of phosphoric acid groups is 1. The molecule has 0 aliphatic carbocycles. The van der Waals surface area contributed by atoms with E-state index in [1.807, 2.05) is 0 Å². The highest BCUT2D eigenvalue weighted by atomic mass is 31.2. The van der Waals surface area contributed by atoms with Crippen LogP contribution in [-0.2, 0) is 32.7 Å². The molecule has 342 valence electrons. The SMILES string of the molecule is CC/C=C\C/C=C\C/C=C\C/C=C\C/C=C\CCCCCCCCCC(=O)NC(COP(=O)(O)OCC(O)COC(=O)CCCCCCC/C=C\C/C=C\CCC)C(=O)O. The van der Waals surface area contributed by atoms with Crippen molar-refractivity contribution in [3.63, 3.8) is 0 Å². The molecule has 0 aromatic rings. The standard InChI is InChI=1S/C48H80NO10P/c1-3-5-7-9-11-13-15-17-18-19-20-21-22-23-24-25-26-28-29-31-33-35-37-39-46(51)49-45(48(53)54)43-59-60(55,56)58-42-44(50)41-57-47(52)40-38-36-34-32-30-27-16-14-12-10-8-6-4-2/h5,7-8,10-11,13-14,16-18,20-21,23-24,44-45,50H,3-4,6,9,12,15,19,22,25-43H2,1-2H3,(H,49,51)(H,53,54)(H,55,56)/b7-5-,10-8-,13-11-,16-14-,18-17-,21-20-,24-23-. The number of carboxylic acids is 1. The zero-order valence-electron chi connectivity index (χ0n) is 37.0. The first-order valence-corrected chi connectivity index (χ1v) is 24.1. The molecule has 4 N–H and O–H groups in total. The second kappa shape index (κ2) is 42.4. The number of unbranched alkanes of at least 4 members (excludes halogenated alkanes) is 13. The van der Waals surface area contributed by atoms with Gasteiger partial charge in [0.1, 0.15) is 12.7 Å². The van der Waals surface area contributed by atoms with E-state index in [9.17, 15) is 34.1 Å². The molecular formula is C48H80NO10P. The molecule has 12 heteroatoms. The van der Waals surface area contributed by atoms with Crippen molar-refractivity contribution in [3.05, 3.63) is 85.1 Å². The average Bonchev–Trinajstić information content (AvgIpc) is 3.22. The van der Waals surface area contributed by atoms with E-state index in [4.69, 9.17) is 13.8 Å². The Kier molecular flexibility index (Phi) is 40.0. The highest BCUT2D eigenvalue weighted by Crippen LogP contribution is 2.43. The Hall–Kier alpha value is -3.34. The molecule has 1 amide bonds. The Labute approximate surface area is 362 Å². The molecule has 0 bridgehead atoms. The van der Waals surface area contributed by atoms with Gasteiger partial charge in [-0.05, 0) is 83.5 Å². The molecule has 0 radical (unpaired) electrons. The number of hydrogen-bond donors (Lipinski definition) is 4. The summed E-state index contributed by atoms with van der Waals surface area (Å²) in [6.07, 6.45) is 51.7. The van der Waals surface area contributed by atoms with Gasteiger partial charge in [0.25, 0.3) is 0 Å². The van der Waals surface area contributed by atoms with Crippen LogP contribution >= 0.6 is 7.82 Å². The maximum Gasteiger partial charge on any atom is 0.472 e. The first-order chi connectivity index (χ1) is 29.1. The van der Waals surface area contributed by atoms with E-state index in [0.717, 1.165) is 122 Å². The fraction of sp³-hybridized carbons (Fsp3) is 0.646. The zero-order valence-corrected chi connectivity index (χ0v) is 37.9. The van der Waals surface area contributed by atoms with Crippen LogP contribution in [0, 0.1) is 0 Å². The maximum absolute atomic E-state index is 12.3. The third-order valence-electron chi connectivity index (χ3n) is 9.15. The summed E-state index contributed by atoms with van der Waals surface area (Å²) in [6.45, 7) is 2.38. The van der Waals surface area contributed by atoms with Crippen LogP contribution in [0.4, 0.5) is 0 Å². The highest BCUT2D eigenvalue weighted by Gasteiger charge is 2.28. The van der Waals surface area contributed by atoms with Crippen LogP contribution in [0.3, 0.4) is 0 Å². The molecule has 0 aliphatic heterocycles. The number of rotatable bonds is 41. The first-order valence-electron chi connectivity index (χ1n) is 22.6. The summed E-state index contributed by atoms with van der Waals surface area (Å²) in [6, 6.07) is -1.56. The average molecular weight is 862 g/mol. The van der Waals surface area contributed by atoms with E-state index in [1.54, 1.807) is 0 Å². The zero-order chi connectivity index (χ0) is 44.2. The van der Waals surface area contributed by atoms with Crippen molar-refractivity contribution in [2.45, 2.75) is 180 Å². The number of carboxylic acid groups (broad SMARTS) is 1. The molecule has 0 aliphatic rings. The summed E-state index contributed by atoms with van der Waals surface area (Å²) in [4.78, 5) is 45.9. The molecular weight excluding hydrogens is 781 g/mol. The van der Waals surface area contributed by atoms with Crippen molar-refractivity contribution in [1.82, 2.24) is 5.32 Å². The summed E-state index contributed by atoms with van der Waals surface area (Å²) in [5, 5.41) is 21.8. The number of amides is 1. The number of allylic oxidation sites excluding steroid dienone is 14. The van der Waals surface area contributed by atoms with Crippen LogP contribution in [0.15, 0.2) is 85.1 Å². The van der Waals surface area contributed by atoms with Crippen LogP contribution in [0.2, 0.25) is 0 Å². The summed E-state index contributed by atoms with van der Waals surface area (Å²) < 4.78 is 26.8. The number of aliphatic hydroxyl groups is 1. The number of carbonyl (C=O) groups is 3. The minimum Gasteiger partial charge on any atom is -0.480 e. The minimum absolute atomic E-state index is 0.127. The summed E-state index contributed by atoms with van der Waals surface area (Å²) >= 11 is 0. The molecule has 3 unspecified atom stereocenters. The summed E-state index contributed by atoms with van der Waals surface area (Å²) in [5.74, 6) is -2.41. The van der Waals surface area contributed by atoms with Crippen LogP contribution in [0.25, 0.3) is 0 Å². The van der Waals surface area contributed by atoms with Gasteiger partial charge in [-0.25, -0.2) is 9.36 Å². The number of hydrogen-bond acceptors (Lipinski definition) is 8. The van der Waals surface area contributed by atoms with Crippen LogP contribution in [-0.4, -0.2) is 64.9 Å². The Morgan fingerprint density at radius 3 is 1.45 bits per heavy atom. The molecule has 0 rings (SSSR count). The van der Waals surface area contributed by atoms with Crippen molar-refractivity contribution >= 4 is 25.7 Å². The smallest absolute Gasteiger partial charge is 0.472 e. The van der Waals surface area contributed by atoms with Gasteiger partial charge in [0.05, 0.1) is 13.2 Å². The van der Waals surface area contributed by atoms with E-state index < -0.39 is 57.6 Å². The molecule has 0 aromatic carbocycles. The van der Waals surface area contributed by atoms with E-state index in [1.165, 1.54) is 6.42 Å². The Morgan fingerprint density at radius 2 is 0.967 bits per heavy atom. The van der Waals surface area contributed by atoms with Crippen molar-refractivity contribution in [3.8, 4) is 0 Å². The number of aliphatic hydroxyl groups excluding tert-OH is 1. The molecule has 0 spiro atoms. The van der Waals surface area contributed by atoms with E-state index >= 15 is 0 Å². The lowest BCUT2D eigenvalue weighted by Gasteiger charge is -2.18. The number of phosphoric ester groups is 1. The van der Waals surface area contributed by atoms with Crippen LogP contribution in [0.1, 0.15) is 168 Å². The number of esters is 1. The Morgan fingerprint density at radius 1 is 0.550 bits per heavy atom. The molecule has 11 nitrogen and oxygen atoms in total. The molecule has 0 saturated heterocycles. The van der Waals surface area contributed by atoms with Crippen molar-refractivity contribution in [2.24, 2.45) is 0 Å². The molecule has 0 aromatic heterocycles. The first kappa shape index (κ1) is 56.7. The second-order valence-electron chi connectivity index (χ2n) is 14.9. The monoisotopic (exact) mass is 862 g/mol. The lowest BCUT2D eigenvalue weighted by atomic mass is 10.1. The lowest BCUT2D eigenvalue weighted by Crippen LogP contribution is -2.43. The van der Waals surface area contributed by atoms with Gasteiger partial charge in [-0.3, -0.25) is 18.6 Å². The quantitative estimate of drug-likeness (QED) is 0.0201. The van der Waals surface area contributed by atoms with Gasteiger partial charge in [-0.1, -0.05) is 157 Å². The van der Waals surface area contributed by atoms with Gasteiger partial charge in [0, 0.05) is 12.8 Å². The van der Waals surface area contributed by atoms with Gasteiger partial charge in [0.15, 0.2) is 6.04 Å². The normalized spacial score (nSPS) is 14.5. The number of carbonyl (C=O) groups excluding carboxylic acids is 2. The van der Waals surface area contributed by atoms with Gasteiger partial charge in [0.2, 0.25) is 5.91 Å². The van der Waals surface area contributed by atoms with Gasteiger partial charge >= 0.3 is 19.8 Å². The molecule has 60 heavy (non-hydrogen) atoms. The van der Waals surface area contributed by atoms with Crippen LogP contribution in [0.5, 0.6) is 0 Å². The fourth-order valence-corrected chi connectivity index (χ4v) is 6.44. The van der Waals surface area contributed by atoms with Gasteiger partial charge in [-0.2, -0.15) is 0 Å². The molecule has 0 saturated carbocycles. The Bertz CT molecular complexity index is 1340. The van der Waals surface area contributed by atoms with E-state index in [0.29, 0.717) is 12.8 Å². The van der Waals surface area contributed by atoms with E-state index in [2.05, 4.69) is 104 Å². The summed E-state index contributed by atoms with van der Waals surface area (Å²) in [7, 11) is -4.77. The van der Waals surface area contributed by atoms with Gasteiger partial charge in [-0.15, -0.1) is 0 Å². The highest BCUT2D eigenvalue weighted by molar-refractivity contribution is 7.47. The third kappa shape index (κ3) is 41.4. The molecule has 0 fully saturated rings. The molecule has 0 heterocycles. The number of nitrogens with one attached hydrogen (secondary N) is 1. The molecule has 3 atom stereocenters. The maximum atomic E-state index is 12.3. The topological polar surface area (TPSA) is 169 Å². The lowest BCUT2D eigenvalue weighted by molar-refractivity contribution is -0.147. The van der Waals surface area contributed by atoms with E-state index in [-0.39, 0.29) is 12.8 Å². The summed E-state index contributed by atoms with van der Waals surface area (Å²) in [5.41, 5.74) is 0. The fourth-order valence-electron chi connectivity index (χ4n) is 5.67.